The second-order valence-corrected chi connectivity index (χ2v) is 6.53. The van der Waals surface area contributed by atoms with Crippen LogP contribution in [-0.4, -0.2) is 13.6 Å². The van der Waals surface area contributed by atoms with Gasteiger partial charge in [0.2, 0.25) is 0 Å². The first kappa shape index (κ1) is 14.7. The topological polar surface area (TPSA) is 12.0 Å². The summed E-state index contributed by atoms with van der Waals surface area (Å²) in [6.45, 7) is 8.36. The van der Waals surface area contributed by atoms with E-state index >= 15 is 0 Å². The number of alkyl halides is 1. The molecule has 0 bridgehead atoms. The first-order chi connectivity index (χ1) is 7.68. The highest BCUT2D eigenvalue weighted by Gasteiger charge is 2.26. The molecule has 0 aliphatic carbocycles. The van der Waals surface area contributed by atoms with Crippen molar-refractivity contribution in [2.24, 2.45) is 0 Å². The van der Waals surface area contributed by atoms with Crippen LogP contribution in [0.1, 0.15) is 38.8 Å². The summed E-state index contributed by atoms with van der Waals surface area (Å²) in [5.74, 6) is 0. The number of rotatable bonds is 3. The quantitative estimate of drug-likeness (QED) is 0.884. The molecule has 1 nitrogen and oxygen atoms in total. The number of nitrogens with one attached hydrogen (secondary N) is 1. The Labute approximate surface area is 112 Å². The minimum Gasteiger partial charge on any atom is -0.316 e. The average molecular weight is 302 g/mol. The molecular weight excluding hydrogens is 281 g/mol. The summed E-state index contributed by atoms with van der Waals surface area (Å²) in [5, 5.41) is 2.88. The Hall–Kier alpha value is -0.410. The molecule has 0 aliphatic rings. The molecule has 0 aromatic heterocycles. The van der Waals surface area contributed by atoms with Gasteiger partial charge in [0.25, 0.3) is 0 Å². The maximum Gasteiger partial charge on any atom is 0.145 e. The van der Waals surface area contributed by atoms with E-state index < -0.39 is 5.67 Å². The Morgan fingerprint density at radius 1 is 1.24 bits per heavy atom. The van der Waals surface area contributed by atoms with Crippen LogP contribution in [0.3, 0.4) is 0 Å². The van der Waals surface area contributed by atoms with Crippen molar-refractivity contribution in [3.05, 3.63) is 33.8 Å². The zero-order valence-electron chi connectivity index (χ0n) is 11.2. The van der Waals surface area contributed by atoms with Gasteiger partial charge in [-0.3, -0.25) is 0 Å². The first-order valence-electron chi connectivity index (χ1n) is 5.82. The molecule has 1 rings (SSSR count). The van der Waals surface area contributed by atoms with Gasteiger partial charge in [0.1, 0.15) is 5.67 Å². The summed E-state index contributed by atoms with van der Waals surface area (Å²) in [6, 6.07) is 5.77. The molecule has 96 valence electrons. The molecule has 1 atom stereocenters. The Balaban J connectivity index is 3.13. The largest absolute Gasteiger partial charge is 0.316 e. The molecule has 1 unspecified atom stereocenters. The molecule has 0 heterocycles. The lowest BCUT2D eigenvalue weighted by Gasteiger charge is -2.25. The molecule has 0 aliphatic heterocycles. The molecule has 3 heteroatoms. The summed E-state index contributed by atoms with van der Waals surface area (Å²) in [4.78, 5) is 0. The van der Waals surface area contributed by atoms with E-state index in [-0.39, 0.29) is 5.41 Å². The summed E-state index contributed by atoms with van der Waals surface area (Å²) < 4.78 is 15.3. The van der Waals surface area contributed by atoms with Crippen molar-refractivity contribution >= 4 is 15.9 Å². The van der Waals surface area contributed by atoms with Crippen molar-refractivity contribution in [1.29, 1.82) is 0 Å². The Bertz CT molecular complexity index is 394. The molecule has 0 spiro atoms. The Morgan fingerprint density at radius 3 is 2.24 bits per heavy atom. The van der Waals surface area contributed by atoms with Gasteiger partial charge in [-0.15, -0.1) is 0 Å². The van der Waals surface area contributed by atoms with Gasteiger partial charge in [0, 0.05) is 11.0 Å². The third-order valence-corrected chi connectivity index (χ3v) is 3.54. The highest BCUT2D eigenvalue weighted by atomic mass is 79.9. The van der Waals surface area contributed by atoms with Crippen LogP contribution in [0.15, 0.2) is 22.7 Å². The smallest absolute Gasteiger partial charge is 0.145 e. The Morgan fingerprint density at radius 2 is 1.82 bits per heavy atom. The predicted molar refractivity (Wildman–Crippen MR) is 75.2 cm³/mol. The number of halogens is 2. The van der Waals surface area contributed by atoms with Crippen molar-refractivity contribution in [2.45, 2.75) is 38.8 Å². The molecule has 0 saturated carbocycles. The van der Waals surface area contributed by atoms with E-state index in [1.54, 1.807) is 14.0 Å². The lowest BCUT2D eigenvalue weighted by atomic mass is 9.85. The summed E-state index contributed by atoms with van der Waals surface area (Å²) in [5.41, 5.74) is 0.619. The molecule has 0 radical (unpaired) electrons. The minimum atomic E-state index is -1.34. The van der Waals surface area contributed by atoms with Crippen LogP contribution in [0.4, 0.5) is 4.39 Å². The van der Waals surface area contributed by atoms with E-state index in [4.69, 9.17) is 0 Å². The second kappa shape index (κ2) is 5.07. The third-order valence-electron chi connectivity index (χ3n) is 2.89. The zero-order chi connectivity index (χ0) is 13.3. The maximum absolute atomic E-state index is 14.3. The fourth-order valence-electron chi connectivity index (χ4n) is 1.88. The number of benzene rings is 1. The zero-order valence-corrected chi connectivity index (χ0v) is 12.8. The van der Waals surface area contributed by atoms with E-state index in [0.29, 0.717) is 12.1 Å². The first-order valence-corrected chi connectivity index (χ1v) is 6.62. The van der Waals surface area contributed by atoms with Crippen LogP contribution in [0.2, 0.25) is 0 Å². The average Bonchev–Trinajstić information content (AvgIpc) is 2.15. The molecule has 0 fully saturated rings. The van der Waals surface area contributed by atoms with Gasteiger partial charge in [-0.2, -0.15) is 0 Å². The van der Waals surface area contributed by atoms with Gasteiger partial charge in [-0.1, -0.05) is 48.8 Å². The predicted octanol–water partition coefficient (Wildman–Crippen LogP) is 4.15. The van der Waals surface area contributed by atoms with Crippen molar-refractivity contribution in [1.82, 2.24) is 5.32 Å². The van der Waals surface area contributed by atoms with E-state index in [1.165, 1.54) is 5.56 Å². The van der Waals surface area contributed by atoms with Crippen LogP contribution in [0, 0.1) is 0 Å². The molecule has 0 saturated heterocycles. The van der Waals surface area contributed by atoms with Crippen LogP contribution in [0.5, 0.6) is 0 Å². The van der Waals surface area contributed by atoms with Crippen LogP contribution >= 0.6 is 15.9 Å². The summed E-state index contributed by atoms with van der Waals surface area (Å²) in [7, 11) is 1.76. The lowest BCUT2D eigenvalue weighted by molar-refractivity contribution is 0.190. The van der Waals surface area contributed by atoms with Crippen LogP contribution in [-0.2, 0) is 11.1 Å². The molecule has 1 aromatic rings. The fraction of sp³-hybridized carbons (Fsp3) is 0.571. The molecule has 0 amide bonds. The summed E-state index contributed by atoms with van der Waals surface area (Å²) in [6.07, 6.45) is 0. The third kappa shape index (κ3) is 3.52. The van der Waals surface area contributed by atoms with E-state index in [2.05, 4.69) is 42.0 Å². The van der Waals surface area contributed by atoms with Crippen molar-refractivity contribution in [3.8, 4) is 0 Å². The summed E-state index contributed by atoms with van der Waals surface area (Å²) >= 11 is 3.54. The van der Waals surface area contributed by atoms with E-state index in [0.717, 1.165) is 4.47 Å². The molecular formula is C14H21BrFN. The van der Waals surface area contributed by atoms with Gasteiger partial charge in [-0.25, -0.2) is 4.39 Å². The van der Waals surface area contributed by atoms with Crippen LogP contribution in [0.25, 0.3) is 0 Å². The van der Waals surface area contributed by atoms with Crippen molar-refractivity contribution in [3.63, 3.8) is 0 Å². The molecule has 1 N–H and O–H groups in total. The Kier molecular flexibility index (Phi) is 4.37. The number of likely N-dealkylation sites (N-methyl/N-ethyl adjacent to an activating group) is 1. The monoisotopic (exact) mass is 301 g/mol. The van der Waals surface area contributed by atoms with Gasteiger partial charge < -0.3 is 5.32 Å². The number of hydrogen-bond donors (Lipinski definition) is 1. The highest BCUT2D eigenvalue weighted by molar-refractivity contribution is 9.10. The van der Waals surface area contributed by atoms with Gasteiger partial charge in [0.15, 0.2) is 0 Å². The minimum absolute atomic E-state index is 0.0626. The molecule has 17 heavy (non-hydrogen) atoms. The van der Waals surface area contributed by atoms with Crippen molar-refractivity contribution in [2.75, 3.05) is 13.6 Å². The standard InChI is InChI=1S/C14H21BrFN/c1-13(2,3)11-7-6-10(8-12(11)15)14(4,16)9-17-5/h6-8,17H,9H2,1-5H3. The van der Waals surface area contributed by atoms with Crippen molar-refractivity contribution < 1.29 is 4.39 Å². The normalized spacial score (nSPS) is 15.7. The van der Waals surface area contributed by atoms with Gasteiger partial charge in [0.05, 0.1) is 0 Å². The highest BCUT2D eigenvalue weighted by Crippen LogP contribution is 2.34. The van der Waals surface area contributed by atoms with Gasteiger partial charge >= 0.3 is 0 Å². The fourth-order valence-corrected chi connectivity index (χ4v) is 2.86. The van der Waals surface area contributed by atoms with E-state index in [9.17, 15) is 4.39 Å². The number of hydrogen-bond acceptors (Lipinski definition) is 1. The SMILES string of the molecule is CNCC(C)(F)c1ccc(C(C)(C)C)c(Br)c1. The van der Waals surface area contributed by atoms with E-state index in [1.807, 2.05) is 18.2 Å². The maximum atomic E-state index is 14.3. The lowest BCUT2D eigenvalue weighted by Crippen LogP contribution is -2.29. The van der Waals surface area contributed by atoms with Gasteiger partial charge in [-0.05, 0) is 36.6 Å². The van der Waals surface area contributed by atoms with Crippen LogP contribution < -0.4 is 5.32 Å². The second-order valence-electron chi connectivity index (χ2n) is 5.67. The molecule has 1 aromatic carbocycles.